The second-order valence-electron chi connectivity index (χ2n) is 7.67. The van der Waals surface area contributed by atoms with E-state index in [0.29, 0.717) is 12.1 Å². The van der Waals surface area contributed by atoms with Crippen LogP contribution in [0.3, 0.4) is 0 Å². The number of nitrogen functional groups attached to an aromatic ring is 2. The predicted octanol–water partition coefficient (Wildman–Crippen LogP) is 6.33. The summed E-state index contributed by atoms with van der Waals surface area (Å²) in [6.45, 7) is 14.1. The van der Waals surface area contributed by atoms with Crippen LogP contribution in [0.2, 0.25) is 0 Å². The van der Waals surface area contributed by atoms with Crippen LogP contribution >= 0.6 is 0 Å². The second kappa shape index (κ2) is 10.0. The SMILES string of the molecule is C=C/C(CCc1cc(N)c(Cc2ccc(C=C)cc2O)c(C)c1N)=C(/C)CCC. The van der Waals surface area contributed by atoms with Gasteiger partial charge in [-0.05, 0) is 78.6 Å². The third kappa shape index (κ3) is 5.32. The Bertz CT molecular complexity index is 938. The zero-order chi connectivity index (χ0) is 21.6. The zero-order valence-electron chi connectivity index (χ0n) is 18.0. The molecule has 3 heteroatoms. The van der Waals surface area contributed by atoms with Gasteiger partial charge in [-0.3, -0.25) is 0 Å². The molecule has 154 valence electrons. The van der Waals surface area contributed by atoms with Crippen LogP contribution in [0.25, 0.3) is 6.08 Å². The number of rotatable bonds is 9. The van der Waals surface area contributed by atoms with E-state index in [9.17, 15) is 5.11 Å². The van der Waals surface area contributed by atoms with Gasteiger partial charge in [0, 0.05) is 17.8 Å². The molecular formula is C26H34N2O. The molecule has 0 unspecified atom stereocenters. The Morgan fingerprint density at radius 3 is 2.41 bits per heavy atom. The number of hydrogen-bond acceptors (Lipinski definition) is 3. The fourth-order valence-corrected chi connectivity index (χ4v) is 3.76. The molecule has 0 fully saturated rings. The van der Waals surface area contributed by atoms with E-state index in [-0.39, 0.29) is 5.75 Å². The molecule has 0 heterocycles. The van der Waals surface area contributed by atoms with Crippen LogP contribution in [0.15, 0.2) is 54.6 Å². The fraction of sp³-hybridized carbons (Fsp3) is 0.308. The topological polar surface area (TPSA) is 72.3 Å². The maximum Gasteiger partial charge on any atom is 0.119 e. The molecule has 0 aliphatic rings. The molecule has 2 aromatic carbocycles. The molecule has 29 heavy (non-hydrogen) atoms. The standard InChI is InChI=1S/C26H34N2O/c1-6-9-17(4)20(8-3)12-13-22-16-24(27)23(18(5)26(22)28)15-21-11-10-19(7-2)14-25(21)29/h7-8,10-11,14,16,29H,2-3,6,9,12-13,15,27-28H2,1,4-5H3/b20-17+. The monoisotopic (exact) mass is 390 g/mol. The van der Waals surface area contributed by atoms with Gasteiger partial charge in [-0.25, -0.2) is 0 Å². The van der Waals surface area contributed by atoms with Crippen molar-refractivity contribution < 1.29 is 5.11 Å². The molecule has 0 aliphatic carbocycles. The normalized spacial score (nSPS) is 11.8. The van der Waals surface area contributed by atoms with Crippen molar-refractivity contribution in [1.29, 1.82) is 0 Å². The zero-order valence-corrected chi connectivity index (χ0v) is 18.0. The minimum Gasteiger partial charge on any atom is -0.508 e. The Kier molecular flexibility index (Phi) is 7.72. The fourth-order valence-electron chi connectivity index (χ4n) is 3.76. The Morgan fingerprint density at radius 1 is 1.10 bits per heavy atom. The molecule has 5 N–H and O–H groups in total. The molecule has 0 saturated carbocycles. The third-order valence-electron chi connectivity index (χ3n) is 5.68. The number of benzene rings is 2. The summed E-state index contributed by atoms with van der Waals surface area (Å²) in [6.07, 6.45) is 8.17. The first-order valence-electron chi connectivity index (χ1n) is 10.2. The van der Waals surface area contributed by atoms with Crippen LogP contribution in [-0.4, -0.2) is 5.11 Å². The predicted molar refractivity (Wildman–Crippen MR) is 127 cm³/mol. The van der Waals surface area contributed by atoms with Crippen molar-refractivity contribution >= 4 is 17.5 Å². The summed E-state index contributed by atoms with van der Waals surface area (Å²) in [5, 5.41) is 10.3. The van der Waals surface area contributed by atoms with E-state index in [2.05, 4.69) is 27.0 Å². The van der Waals surface area contributed by atoms with Gasteiger partial charge in [-0.15, -0.1) is 0 Å². The van der Waals surface area contributed by atoms with Crippen molar-refractivity contribution in [2.75, 3.05) is 11.5 Å². The average molecular weight is 391 g/mol. The van der Waals surface area contributed by atoms with Crippen LogP contribution in [0.1, 0.15) is 60.9 Å². The molecule has 2 rings (SSSR count). The van der Waals surface area contributed by atoms with Gasteiger partial charge in [-0.2, -0.15) is 0 Å². The number of aromatic hydroxyl groups is 1. The highest BCUT2D eigenvalue weighted by atomic mass is 16.3. The number of aryl methyl sites for hydroxylation is 1. The molecular weight excluding hydrogens is 356 g/mol. The number of allylic oxidation sites excluding steroid dienone is 3. The largest absolute Gasteiger partial charge is 0.508 e. The summed E-state index contributed by atoms with van der Waals surface area (Å²) >= 11 is 0. The van der Waals surface area contributed by atoms with Crippen LogP contribution in [0.4, 0.5) is 11.4 Å². The highest BCUT2D eigenvalue weighted by molar-refractivity contribution is 5.67. The van der Waals surface area contributed by atoms with Crippen molar-refractivity contribution in [1.82, 2.24) is 0 Å². The van der Waals surface area contributed by atoms with Crippen molar-refractivity contribution in [2.45, 2.75) is 52.9 Å². The molecule has 0 aromatic heterocycles. The number of nitrogens with two attached hydrogens (primary N) is 2. The maximum absolute atomic E-state index is 10.3. The Balaban J connectivity index is 2.29. The molecule has 0 radical (unpaired) electrons. The average Bonchev–Trinajstić information content (AvgIpc) is 2.70. The first-order valence-corrected chi connectivity index (χ1v) is 10.2. The molecule has 3 nitrogen and oxygen atoms in total. The third-order valence-corrected chi connectivity index (χ3v) is 5.68. The Labute approximate surface area is 175 Å². The van der Waals surface area contributed by atoms with Crippen molar-refractivity contribution in [3.8, 4) is 5.75 Å². The van der Waals surface area contributed by atoms with Gasteiger partial charge in [-0.1, -0.05) is 56.4 Å². The van der Waals surface area contributed by atoms with Crippen molar-refractivity contribution in [3.63, 3.8) is 0 Å². The molecule has 0 saturated heterocycles. The van der Waals surface area contributed by atoms with Gasteiger partial charge < -0.3 is 16.6 Å². The van der Waals surface area contributed by atoms with Gasteiger partial charge >= 0.3 is 0 Å². The van der Waals surface area contributed by atoms with E-state index in [1.165, 1.54) is 11.1 Å². The highest BCUT2D eigenvalue weighted by Crippen LogP contribution is 2.32. The van der Waals surface area contributed by atoms with E-state index in [0.717, 1.165) is 59.2 Å². The summed E-state index contributed by atoms with van der Waals surface area (Å²) < 4.78 is 0. The summed E-state index contributed by atoms with van der Waals surface area (Å²) in [6, 6.07) is 7.55. The number of phenolic OH excluding ortho intramolecular Hbond substituents is 1. The number of phenols is 1. The number of anilines is 2. The van der Waals surface area contributed by atoms with Gasteiger partial charge in [0.1, 0.15) is 5.75 Å². The van der Waals surface area contributed by atoms with E-state index >= 15 is 0 Å². The smallest absolute Gasteiger partial charge is 0.119 e. The van der Waals surface area contributed by atoms with Gasteiger partial charge in [0.25, 0.3) is 0 Å². The minimum absolute atomic E-state index is 0.246. The number of hydrogen-bond donors (Lipinski definition) is 3. The first kappa shape index (κ1) is 22.4. The molecule has 0 aliphatic heterocycles. The lowest BCUT2D eigenvalue weighted by atomic mass is 9.91. The lowest BCUT2D eigenvalue weighted by Gasteiger charge is -2.17. The lowest BCUT2D eigenvalue weighted by molar-refractivity contribution is 0.469. The van der Waals surface area contributed by atoms with Crippen LogP contribution in [0, 0.1) is 6.92 Å². The summed E-state index contributed by atoms with van der Waals surface area (Å²) in [5.74, 6) is 0.246. The first-order chi connectivity index (χ1) is 13.8. The molecule has 0 atom stereocenters. The molecule has 0 amide bonds. The summed E-state index contributed by atoms with van der Waals surface area (Å²) in [7, 11) is 0. The van der Waals surface area contributed by atoms with E-state index in [1.807, 2.05) is 31.2 Å². The Morgan fingerprint density at radius 2 is 1.83 bits per heavy atom. The maximum atomic E-state index is 10.3. The van der Waals surface area contributed by atoms with Crippen LogP contribution < -0.4 is 11.5 Å². The molecule has 0 bridgehead atoms. The minimum atomic E-state index is 0.246. The van der Waals surface area contributed by atoms with Crippen molar-refractivity contribution in [3.05, 3.63) is 82.5 Å². The molecule has 2 aromatic rings. The van der Waals surface area contributed by atoms with Crippen LogP contribution in [-0.2, 0) is 12.8 Å². The quantitative estimate of drug-likeness (QED) is 0.346. The van der Waals surface area contributed by atoms with Gasteiger partial charge in [0.05, 0.1) is 0 Å². The Hall–Kier alpha value is -2.94. The lowest BCUT2D eigenvalue weighted by Crippen LogP contribution is -2.07. The second-order valence-corrected chi connectivity index (χ2v) is 7.67. The summed E-state index contributed by atoms with van der Waals surface area (Å²) in [5.41, 5.74) is 21.8. The van der Waals surface area contributed by atoms with E-state index < -0.39 is 0 Å². The highest BCUT2D eigenvalue weighted by Gasteiger charge is 2.14. The van der Waals surface area contributed by atoms with Crippen molar-refractivity contribution in [2.24, 2.45) is 0 Å². The summed E-state index contributed by atoms with van der Waals surface area (Å²) in [4.78, 5) is 0. The van der Waals surface area contributed by atoms with Gasteiger partial charge in [0.15, 0.2) is 0 Å². The van der Waals surface area contributed by atoms with Gasteiger partial charge in [0.2, 0.25) is 0 Å². The molecule has 0 spiro atoms. The van der Waals surface area contributed by atoms with Crippen LogP contribution in [0.5, 0.6) is 5.75 Å². The van der Waals surface area contributed by atoms with E-state index in [4.69, 9.17) is 11.5 Å². The van der Waals surface area contributed by atoms with E-state index in [1.54, 1.807) is 12.1 Å².